The molecule has 1 aromatic heterocycles. The van der Waals surface area contributed by atoms with Crippen molar-refractivity contribution in [2.24, 2.45) is 0 Å². The quantitative estimate of drug-likeness (QED) is 0.669. The monoisotopic (exact) mass is 210 g/mol. The first-order valence-electron chi connectivity index (χ1n) is 5.58. The average molecular weight is 210 g/mol. The van der Waals surface area contributed by atoms with Crippen LogP contribution >= 0.6 is 0 Å². The summed E-state index contributed by atoms with van der Waals surface area (Å²) in [4.78, 5) is 6.55. The van der Waals surface area contributed by atoms with Crippen LogP contribution in [0.5, 0.6) is 0 Å². The van der Waals surface area contributed by atoms with Crippen LogP contribution in [0, 0.1) is 0 Å². The Hall–Kier alpha value is -0.870. The van der Waals surface area contributed by atoms with Gasteiger partial charge in [-0.15, -0.1) is 0 Å². The number of rotatable bonds is 7. The highest BCUT2D eigenvalue weighted by Crippen LogP contribution is 1.97. The van der Waals surface area contributed by atoms with E-state index in [2.05, 4.69) is 47.0 Å². The Balaban J connectivity index is 2.29. The van der Waals surface area contributed by atoms with E-state index in [1.165, 1.54) is 5.69 Å². The van der Waals surface area contributed by atoms with E-state index in [4.69, 9.17) is 0 Å². The Kier molecular flexibility index (Phi) is 5.36. The van der Waals surface area contributed by atoms with Gasteiger partial charge in [-0.05, 0) is 20.6 Å². The molecule has 1 rings (SSSR count). The molecule has 0 aliphatic carbocycles. The van der Waals surface area contributed by atoms with Crippen molar-refractivity contribution in [3.8, 4) is 0 Å². The van der Waals surface area contributed by atoms with Crippen LogP contribution in [-0.4, -0.2) is 48.2 Å². The van der Waals surface area contributed by atoms with E-state index in [0.29, 0.717) is 0 Å². The van der Waals surface area contributed by atoms with Gasteiger partial charge in [-0.3, -0.25) is 0 Å². The summed E-state index contributed by atoms with van der Waals surface area (Å²) in [6, 6.07) is 0. The Labute approximate surface area is 92.3 Å². The molecule has 0 aliphatic heterocycles. The maximum absolute atomic E-state index is 4.37. The van der Waals surface area contributed by atoms with Crippen molar-refractivity contribution in [1.82, 2.24) is 19.8 Å². The minimum absolute atomic E-state index is 1.02. The van der Waals surface area contributed by atoms with E-state index >= 15 is 0 Å². The van der Waals surface area contributed by atoms with Gasteiger partial charge in [0.15, 0.2) is 0 Å². The van der Waals surface area contributed by atoms with Gasteiger partial charge in [0.25, 0.3) is 0 Å². The molecule has 0 aromatic carbocycles. The Morgan fingerprint density at radius 2 is 2.27 bits per heavy atom. The van der Waals surface area contributed by atoms with Crippen LogP contribution in [0.4, 0.5) is 0 Å². The second-order valence-corrected chi connectivity index (χ2v) is 4.01. The summed E-state index contributed by atoms with van der Waals surface area (Å²) in [6.45, 7) is 6.24. The van der Waals surface area contributed by atoms with Crippen molar-refractivity contribution in [3.63, 3.8) is 0 Å². The van der Waals surface area contributed by atoms with Gasteiger partial charge in [0.2, 0.25) is 0 Å². The van der Waals surface area contributed by atoms with Gasteiger partial charge < -0.3 is 14.8 Å². The summed E-state index contributed by atoms with van der Waals surface area (Å²) in [5.74, 6) is 0. The molecule has 15 heavy (non-hydrogen) atoms. The van der Waals surface area contributed by atoms with Gasteiger partial charge in [0.05, 0.1) is 12.0 Å². The highest BCUT2D eigenvalue weighted by Gasteiger charge is 1.98. The third-order valence-corrected chi connectivity index (χ3v) is 2.30. The molecule has 1 N–H and O–H groups in total. The summed E-state index contributed by atoms with van der Waals surface area (Å²) < 4.78 is 2.15. The van der Waals surface area contributed by atoms with Crippen LogP contribution in [0.15, 0.2) is 12.5 Å². The molecule has 0 atom stereocenters. The average Bonchev–Trinajstić information content (AvgIpc) is 2.63. The Morgan fingerprint density at radius 1 is 1.47 bits per heavy atom. The summed E-state index contributed by atoms with van der Waals surface area (Å²) in [7, 11) is 4.17. The Bertz CT molecular complexity index is 267. The molecule has 0 saturated heterocycles. The molecule has 1 heterocycles. The van der Waals surface area contributed by atoms with E-state index in [1.54, 1.807) is 0 Å². The SMILES string of the molecule is CCNCCc1cn(CCN(C)C)cn1. The minimum atomic E-state index is 1.02. The van der Waals surface area contributed by atoms with Crippen LogP contribution < -0.4 is 5.32 Å². The van der Waals surface area contributed by atoms with Crippen LogP contribution in [0.1, 0.15) is 12.6 Å². The number of nitrogens with one attached hydrogen (secondary N) is 1. The zero-order valence-electron chi connectivity index (χ0n) is 10.0. The van der Waals surface area contributed by atoms with Crippen LogP contribution in [-0.2, 0) is 13.0 Å². The fourth-order valence-electron chi connectivity index (χ4n) is 1.37. The van der Waals surface area contributed by atoms with Gasteiger partial charge in [-0.1, -0.05) is 6.92 Å². The number of hydrogen-bond donors (Lipinski definition) is 1. The molecule has 4 nitrogen and oxygen atoms in total. The lowest BCUT2D eigenvalue weighted by Gasteiger charge is -2.08. The number of hydrogen-bond acceptors (Lipinski definition) is 3. The van der Waals surface area contributed by atoms with Crippen molar-refractivity contribution in [2.75, 3.05) is 33.7 Å². The molecule has 0 unspecified atom stereocenters. The standard InChI is InChI=1S/C11H22N4/c1-4-12-6-5-11-9-15(10-13-11)8-7-14(2)3/h9-10,12H,4-8H2,1-3H3. The van der Waals surface area contributed by atoms with E-state index in [-0.39, 0.29) is 0 Å². The molecule has 0 radical (unpaired) electrons. The number of likely N-dealkylation sites (N-methyl/N-ethyl adjacent to an activating group) is 2. The van der Waals surface area contributed by atoms with Crippen molar-refractivity contribution < 1.29 is 0 Å². The van der Waals surface area contributed by atoms with Gasteiger partial charge in [-0.2, -0.15) is 0 Å². The van der Waals surface area contributed by atoms with Crippen LogP contribution in [0.3, 0.4) is 0 Å². The van der Waals surface area contributed by atoms with Crippen molar-refractivity contribution in [2.45, 2.75) is 19.9 Å². The molecule has 0 saturated carbocycles. The topological polar surface area (TPSA) is 33.1 Å². The molecule has 0 bridgehead atoms. The van der Waals surface area contributed by atoms with Gasteiger partial charge in [-0.25, -0.2) is 4.98 Å². The van der Waals surface area contributed by atoms with Crippen molar-refractivity contribution in [3.05, 3.63) is 18.2 Å². The predicted molar refractivity (Wildman–Crippen MR) is 63.0 cm³/mol. The van der Waals surface area contributed by atoms with E-state index in [1.807, 2.05) is 6.33 Å². The maximum atomic E-state index is 4.37. The maximum Gasteiger partial charge on any atom is 0.0949 e. The molecular weight excluding hydrogens is 188 g/mol. The smallest absolute Gasteiger partial charge is 0.0949 e. The van der Waals surface area contributed by atoms with Gasteiger partial charge >= 0.3 is 0 Å². The van der Waals surface area contributed by atoms with E-state index < -0.39 is 0 Å². The first kappa shape index (κ1) is 12.2. The third-order valence-electron chi connectivity index (χ3n) is 2.30. The molecular formula is C11H22N4. The third kappa shape index (κ3) is 4.95. The first-order chi connectivity index (χ1) is 7.22. The lowest BCUT2D eigenvalue weighted by atomic mass is 10.3. The Morgan fingerprint density at radius 3 is 2.93 bits per heavy atom. The van der Waals surface area contributed by atoms with Crippen LogP contribution in [0.2, 0.25) is 0 Å². The fraction of sp³-hybridized carbons (Fsp3) is 0.727. The van der Waals surface area contributed by atoms with E-state index in [9.17, 15) is 0 Å². The molecule has 1 aromatic rings. The van der Waals surface area contributed by atoms with Crippen LogP contribution in [0.25, 0.3) is 0 Å². The zero-order valence-corrected chi connectivity index (χ0v) is 10.0. The highest BCUT2D eigenvalue weighted by atomic mass is 15.1. The van der Waals surface area contributed by atoms with Gasteiger partial charge in [0.1, 0.15) is 0 Å². The predicted octanol–water partition coefficient (Wildman–Crippen LogP) is 0.597. The number of nitrogens with zero attached hydrogens (tertiary/aromatic N) is 3. The summed E-state index contributed by atoms with van der Waals surface area (Å²) >= 11 is 0. The number of imidazole rings is 1. The lowest BCUT2D eigenvalue weighted by molar-refractivity contribution is 0.383. The van der Waals surface area contributed by atoms with Gasteiger partial charge in [0, 0.05) is 32.3 Å². The molecule has 4 heteroatoms. The second-order valence-electron chi connectivity index (χ2n) is 4.01. The summed E-state index contributed by atoms with van der Waals surface area (Å²) in [5, 5.41) is 3.30. The molecule has 0 aliphatic rings. The van der Waals surface area contributed by atoms with Crippen molar-refractivity contribution >= 4 is 0 Å². The fourth-order valence-corrected chi connectivity index (χ4v) is 1.37. The lowest BCUT2D eigenvalue weighted by Crippen LogP contribution is -2.17. The summed E-state index contributed by atoms with van der Waals surface area (Å²) in [5.41, 5.74) is 1.18. The zero-order chi connectivity index (χ0) is 11.1. The first-order valence-corrected chi connectivity index (χ1v) is 5.58. The molecule has 0 fully saturated rings. The largest absolute Gasteiger partial charge is 0.336 e. The second kappa shape index (κ2) is 6.58. The molecule has 0 amide bonds. The van der Waals surface area contributed by atoms with Crippen molar-refractivity contribution in [1.29, 1.82) is 0 Å². The normalized spacial score (nSPS) is 11.2. The summed E-state index contributed by atoms with van der Waals surface area (Å²) in [6.07, 6.45) is 5.08. The highest BCUT2D eigenvalue weighted by molar-refractivity contribution is 4.97. The number of aromatic nitrogens is 2. The molecule has 0 spiro atoms. The molecule has 86 valence electrons. The van der Waals surface area contributed by atoms with E-state index in [0.717, 1.165) is 32.6 Å². The minimum Gasteiger partial charge on any atom is -0.336 e.